The minimum atomic E-state index is -0.308. The summed E-state index contributed by atoms with van der Waals surface area (Å²) in [6.07, 6.45) is 2.49. The summed E-state index contributed by atoms with van der Waals surface area (Å²) in [6, 6.07) is 25.1. The number of fused-ring (bicyclic) bond motifs is 1. The Morgan fingerprint density at radius 2 is 1.73 bits per heavy atom. The molecule has 0 saturated carbocycles. The first-order valence-corrected chi connectivity index (χ1v) is 13.0. The molecule has 0 spiro atoms. The van der Waals surface area contributed by atoms with Gasteiger partial charge in [-0.15, -0.1) is 0 Å². The molecule has 0 aliphatic rings. The molecule has 4 aromatic carbocycles. The molecule has 190 valence electrons. The zero-order chi connectivity index (χ0) is 26.0. The Balaban J connectivity index is 1.44. The van der Waals surface area contributed by atoms with Crippen LogP contribution in [0.2, 0.25) is 0 Å². The molecular formula is C30H29BrN2O4. The minimum Gasteiger partial charge on any atom is -0.494 e. The summed E-state index contributed by atoms with van der Waals surface area (Å²) in [7, 11) is 0. The van der Waals surface area contributed by atoms with Gasteiger partial charge in [0.2, 0.25) is 0 Å². The summed E-state index contributed by atoms with van der Waals surface area (Å²) in [5.74, 6) is 1.63. The summed E-state index contributed by atoms with van der Waals surface area (Å²) in [5.41, 5.74) is 4.89. The molecule has 4 rings (SSSR count). The molecule has 4 aromatic rings. The lowest BCUT2D eigenvalue weighted by atomic mass is 10.1. The van der Waals surface area contributed by atoms with Crippen LogP contribution >= 0.6 is 15.9 Å². The summed E-state index contributed by atoms with van der Waals surface area (Å²) in [4.78, 5) is 12.4. The normalized spacial score (nSPS) is 11.0. The Bertz CT molecular complexity index is 1380. The molecule has 0 aliphatic carbocycles. The zero-order valence-corrected chi connectivity index (χ0v) is 22.5. The van der Waals surface area contributed by atoms with Gasteiger partial charge in [0.15, 0.2) is 11.5 Å². The molecule has 1 amide bonds. The third kappa shape index (κ3) is 6.89. The van der Waals surface area contributed by atoms with Crippen LogP contribution in [0.25, 0.3) is 10.8 Å². The Kier molecular flexibility index (Phi) is 9.16. The van der Waals surface area contributed by atoms with Gasteiger partial charge in [-0.25, -0.2) is 5.43 Å². The molecule has 0 fully saturated rings. The van der Waals surface area contributed by atoms with E-state index in [4.69, 9.17) is 14.2 Å². The Morgan fingerprint density at radius 1 is 0.946 bits per heavy atom. The maximum absolute atomic E-state index is 12.4. The average molecular weight is 561 g/mol. The molecule has 0 atom stereocenters. The van der Waals surface area contributed by atoms with Crippen molar-refractivity contribution >= 4 is 38.8 Å². The number of nitrogens with one attached hydrogen (secondary N) is 1. The van der Waals surface area contributed by atoms with Crippen molar-refractivity contribution in [3.63, 3.8) is 0 Å². The first kappa shape index (κ1) is 26.2. The fourth-order valence-corrected chi connectivity index (χ4v) is 4.36. The lowest BCUT2D eigenvalue weighted by Crippen LogP contribution is -2.17. The molecule has 7 heteroatoms. The summed E-state index contributed by atoms with van der Waals surface area (Å²) in [6.45, 7) is 5.48. The highest BCUT2D eigenvalue weighted by molar-refractivity contribution is 9.10. The average Bonchev–Trinajstić information content (AvgIpc) is 2.92. The number of hydrogen-bond acceptors (Lipinski definition) is 5. The maximum Gasteiger partial charge on any atom is 0.271 e. The van der Waals surface area contributed by atoms with Crippen LogP contribution < -0.4 is 19.6 Å². The van der Waals surface area contributed by atoms with E-state index in [1.165, 1.54) is 5.39 Å². The number of carbonyl (C=O) groups excluding carboxylic acids is 1. The highest BCUT2D eigenvalue weighted by Crippen LogP contribution is 2.37. The Morgan fingerprint density at radius 3 is 2.51 bits per heavy atom. The van der Waals surface area contributed by atoms with Gasteiger partial charge in [0.25, 0.3) is 5.91 Å². The first-order chi connectivity index (χ1) is 18.1. The van der Waals surface area contributed by atoms with Gasteiger partial charge in [-0.2, -0.15) is 5.10 Å². The lowest BCUT2D eigenvalue weighted by molar-refractivity contribution is 0.0955. The van der Waals surface area contributed by atoms with Crippen molar-refractivity contribution in [1.82, 2.24) is 5.43 Å². The van der Waals surface area contributed by atoms with E-state index < -0.39 is 0 Å². The van der Waals surface area contributed by atoms with Crippen molar-refractivity contribution in [3.8, 4) is 17.2 Å². The fourth-order valence-electron chi connectivity index (χ4n) is 3.79. The molecule has 0 aromatic heterocycles. The molecule has 1 N–H and O–H groups in total. The second-order valence-electron chi connectivity index (χ2n) is 8.26. The third-order valence-corrected chi connectivity index (χ3v) is 6.14. The number of amides is 1. The number of hydrazone groups is 1. The van der Waals surface area contributed by atoms with Gasteiger partial charge >= 0.3 is 0 Å². The van der Waals surface area contributed by atoms with Crippen molar-refractivity contribution < 1.29 is 19.0 Å². The summed E-state index contributed by atoms with van der Waals surface area (Å²) in [5, 5.41) is 6.44. The van der Waals surface area contributed by atoms with Crippen LogP contribution in [0.1, 0.15) is 41.8 Å². The molecule has 0 unspecified atom stereocenters. The molecule has 0 heterocycles. The van der Waals surface area contributed by atoms with Crippen LogP contribution in [0.4, 0.5) is 0 Å². The van der Waals surface area contributed by atoms with Gasteiger partial charge in [0, 0.05) is 5.56 Å². The number of rotatable bonds is 11. The molecule has 37 heavy (non-hydrogen) atoms. The number of benzene rings is 4. The van der Waals surface area contributed by atoms with Crippen molar-refractivity contribution in [1.29, 1.82) is 0 Å². The maximum atomic E-state index is 12.4. The number of carbonyl (C=O) groups is 1. The van der Waals surface area contributed by atoms with Crippen molar-refractivity contribution in [2.75, 3.05) is 13.2 Å². The van der Waals surface area contributed by atoms with E-state index in [-0.39, 0.29) is 5.91 Å². The standard InChI is InChI=1S/C30H29BrN2O4/c1-3-16-36-25-14-12-23(13-15-25)30(34)33-32-19-21-17-27(31)29(28(18-21)35-4-2)37-20-24-10-7-9-22-8-5-6-11-26(22)24/h5-15,17-19H,3-4,16,20H2,1-2H3,(H,33,34)/b32-19-. The van der Waals surface area contributed by atoms with Gasteiger partial charge in [0.1, 0.15) is 12.4 Å². The molecule has 0 aliphatic heterocycles. The molecule has 0 radical (unpaired) electrons. The first-order valence-electron chi connectivity index (χ1n) is 12.2. The molecule has 0 bridgehead atoms. The predicted molar refractivity (Wildman–Crippen MR) is 151 cm³/mol. The van der Waals surface area contributed by atoms with Crippen LogP contribution in [0, 0.1) is 0 Å². The van der Waals surface area contributed by atoms with Gasteiger partial charge in [0.05, 0.1) is 23.9 Å². The van der Waals surface area contributed by atoms with Gasteiger partial charge in [-0.05, 0) is 87.6 Å². The second kappa shape index (κ2) is 12.9. The number of nitrogens with zero attached hydrogens (tertiary/aromatic N) is 1. The quantitative estimate of drug-likeness (QED) is 0.156. The van der Waals surface area contributed by atoms with Crippen molar-refractivity contribution in [2.45, 2.75) is 26.9 Å². The fraction of sp³-hybridized carbons (Fsp3) is 0.200. The Labute approximate surface area is 225 Å². The largest absolute Gasteiger partial charge is 0.494 e. The van der Waals surface area contributed by atoms with Crippen LogP contribution in [0.15, 0.2) is 88.4 Å². The lowest BCUT2D eigenvalue weighted by Gasteiger charge is -2.15. The monoisotopic (exact) mass is 560 g/mol. The van der Waals surface area contributed by atoms with Crippen LogP contribution in [-0.2, 0) is 6.61 Å². The summed E-state index contributed by atoms with van der Waals surface area (Å²) >= 11 is 3.61. The summed E-state index contributed by atoms with van der Waals surface area (Å²) < 4.78 is 18.3. The van der Waals surface area contributed by atoms with Gasteiger partial charge in [-0.3, -0.25) is 4.79 Å². The van der Waals surface area contributed by atoms with Gasteiger partial charge in [-0.1, -0.05) is 49.4 Å². The smallest absolute Gasteiger partial charge is 0.271 e. The minimum absolute atomic E-state index is 0.308. The highest BCUT2D eigenvalue weighted by atomic mass is 79.9. The third-order valence-electron chi connectivity index (χ3n) is 5.55. The predicted octanol–water partition coefficient (Wildman–Crippen LogP) is 7.13. The molecule has 6 nitrogen and oxygen atoms in total. The van der Waals surface area contributed by atoms with E-state index in [0.29, 0.717) is 36.9 Å². The number of hydrogen-bond donors (Lipinski definition) is 1. The van der Waals surface area contributed by atoms with E-state index in [1.54, 1.807) is 30.5 Å². The van der Waals surface area contributed by atoms with Crippen molar-refractivity contribution in [3.05, 3.63) is 100 Å². The van der Waals surface area contributed by atoms with E-state index >= 15 is 0 Å². The Hall–Kier alpha value is -3.84. The van der Waals surface area contributed by atoms with E-state index in [0.717, 1.165) is 33.2 Å². The van der Waals surface area contributed by atoms with E-state index in [1.807, 2.05) is 44.2 Å². The van der Waals surface area contributed by atoms with Gasteiger partial charge < -0.3 is 14.2 Å². The second-order valence-corrected chi connectivity index (χ2v) is 9.12. The van der Waals surface area contributed by atoms with Crippen LogP contribution in [0.5, 0.6) is 17.2 Å². The highest BCUT2D eigenvalue weighted by Gasteiger charge is 2.13. The number of halogens is 1. The topological polar surface area (TPSA) is 69.2 Å². The van der Waals surface area contributed by atoms with Crippen molar-refractivity contribution in [2.24, 2.45) is 5.10 Å². The van der Waals surface area contributed by atoms with Crippen LogP contribution in [-0.4, -0.2) is 25.3 Å². The zero-order valence-electron chi connectivity index (χ0n) is 20.9. The molecule has 0 saturated heterocycles. The van der Waals surface area contributed by atoms with E-state index in [9.17, 15) is 4.79 Å². The SMILES string of the molecule is CCCOc1ccc(C(=O)N/N=C\c2cc(Br)c(OCc3cccc4ccccc34)c(OCC)c2)cc1. The molecular weight excluding hydrogens is 532 g/mol. The van der Waals surface area contributed by atoms with E-state index in [2.05, 4.69) is 50.7 Å². The van der Waals surface area contributed by atoms with Crippen LogP contribution in [0.3, 0.4) is 0 Å². The number of ether oxygens (including phenoxy) is 3.